The summed E-state index contributed by atoms with van der Waals surface area (Å²) in [4.78, 5) is 37.9. The molecule has 2 aromatic rings. The Bertz CT molecular complexity index is 829. The van der Waals surface area contributed by atoms with E-state index in [2.05, 4.69) is 5.32 Å². The van der Waals surface area contributed by atoms with E-state index in [0.717, 1.165) is 11.1 Å². The molecular formula is C22H26N2O4. The van der Waals surface area contributed by atoms with Gasteiger partial charge in [0.2, 0.25) is 5.91 Å². The van der Waals surface area contributed by atoms with Gasteiger partial charge in [-0.1, -0.05) is 48.0 Å². The number of likely N-dealkylation sites (N-methyl/N-ethyl adjacent to an activating group) is 1. The molecule has 0 aliphatic carbocycles. The summed E-state index contributed by atoms with van der Waals surface area (Å²) in [5, 5.41) is 2.72. The number of ether oxygens (including phenoxy) is 1. The van der Waals surface area contributed by atoms with Crippen LogP contribution in [-0.4, -0.2) is 42.9 Å². The van der Waals surface area contributed by atoms with E-state index in [4.69, 9.17) is 4.74 Å². The molecule has 148 valence electrons. The fourth-order valence-electron chi connectivity index (χ4n) is 2.53. The van der Waals surface area contributed by atoms with Gasteiger partial charge in [0.05, 0.1) is 12.0 Å². The molecular weight excluding hydrogens is 356 g/mol. The Morgan fingerprint density at radius 3 is 2.21 bits per heavy atom. The molecule has 2 rings (SSSR count). The minimum Gasteiger partial charge on any atom is -0.455 e. The Morgan fingerprint density at radius 1 is 1.00 bits per heavy atom. The van der Waals surface area contributed by atoms with Gasteiger partial charge in [0.15, 0.2) is 6.61 Å². The Balaban J connectivity index is 1.84. The molecule has 28 heavy (non-hydrogen) atoms. The van der Waals surface area contributed by atoms with Crippen LogP contribution >= 0.6 is 0 Å². The Labute approximate surface area is 165 Å². The maximum atomic E-state index is 12.4. The lowest BCUT2D eigenvalue weighted by Crippen LogP contribution is -2.39. The van der Waals surface area contributed by atoms with Crippen molar-refractivity contribution in [1.82, 2.24) is 4.90 Å². The molecule has 2 amide bonds. The third kappa shape index (κ3) is 5.67. The predicted octanol–water partition coefficient (Wildman–Crippen LogP) is 2.91. The highest BCUT2D eigenvalue weighted by molar-refractivity contribution is 5.95. The number of carbonyl (C=O) groups excluding carboxylic acids is 3. The lowest BCUT2D eigenvalue weighted by molar-refractivity contribution is -0.155. The average Bonchev–Trinajstić information content (AvgIpc) is 2.68. The minimum atomic E-state index is -0.872. The highest BCUT2D eigenvalue weighted by atomic mass is 16.5. The third-order valence-electron chi connectivity index (χ3n) is 4.47. The maximum Gasteiger partial charge on any atom is 0.316 e. The predicted molar refractivity (Wildman–Crippen MR) is 108 cm³/mol. The molecule has 0 aromatic heterocycles. The molecule has 0 spiro atoms. The summed E-state index contributed by atoms with van der Waals surface area (Å²) in [6, 6.07) is 16.6. The van der Waals surface area contributed by atoms with Crippen molar-refractivity contribution < 1.29 is 19.1 Å². The van der Waals surface area contributed by atoms with Crippen LogP contribution in [-0.2, 0) is 24.5 Å². The van der Waals surface area contributed by atoms with Gasteiger partial charge in [0, 0.05) is 12.7 Å². The second-order valence-electron chi connectivity index (χ2n) is 7.23. The topological polar surface area (TPSA) is 75.7 Å². The van der Waals surface area contributed by atoms with Gasteiger partial charge in [-0.15, -0.1) is 0 Å². The number of rotatable bonds is 7. The molecule has 0 saturated heterocycles. The fourth-order valence-corrected chi connectivity index (χ4v) is 2.53. The molecule has 6 nitrogen and oxygen atoms in total. The zero-order valence-corrected chi connectivity index (χ0v) is 16.7. The van der Waals surface area contributed by atoms with Crippen molar-refractivity contribution in [2.24, 2.45) is 0 Å². The normalized spacial score (nSPS) is 10.9. The summed E-state index contributed by atoms with van der Waals surface area (Å²) in [7, 11) is 1.49. The van der Waals surface area contributed by atoms with Gasteiger partial charge < -0.3 is 15.0 Å². The van der Waals surface area contributed by atoms with E-state index in [9.17, 15) is 14.4 Å². The van der Waals surface area contributed by atoms with Crippen LogP contribution in [0, 0.1) is 6.92 Å². The molecule has 0 radical (unpaired) electrons. The van der Waals surface area contributed by atoms with E-state index in [0.29, 0.717) is 5.69 Å². The third-order valence-corrected chi connectivity index (χ3v) is 4.47. The van der Waals surface area contributed by atoms with Gasteiger partial charge in [-0.3, -0.25) is 14.4 Å². The lowest BCUT2D eigenvalue weighted by Gasteiger charge is -2.24. The second-order valence-corrected chi connectivity index (χ2v) is 7.23. The van der Waals surface area contributed by atoms with Crippen molar-refractivity contribution in [3.8, 4) is 0 Å². The number of benzene rings is 2. The number of esters is 1. The molecule has 0 heterocycles. The first-order valence-electron chi connectivity index (χ1n) is 9.03. The molecule has 1 N–H and O–H groups in total. The van der Waals surface area contributed by atoms with Crippen molar-refractivity contribution in [2.75, 3.05) is 25.5 Å². The maximum absolute atomic E-state index is 12.4. The first-order valence-corrected chi connectivity index (χ1v) is 9.03. The molecule has 0 aliphatic rings. The van der Waals surface area contributed by atoms with Crippen LogP contribution in [0.5, 0.6) is 0 Å². The van der Waals surface area contributed by atoms with Crippen LogP contribution in [0.4, 0.5) is 5.69 Å². The van der Waals surface area contributed by atoms with Crippen molar-refractivity contribution in [3.63, 3.8) is 0 Å². The highest BCUT2D eigenvalue weighted by Gasteiger charge is 2.32. The van der Waals surface area contributed by atoms with Crippen molar-refractivity contribution in [2.45, 2.75) is 26.2 Å². The lowest BCUT2D eigenvalue weighted by atomic mass is 9.85. The van der Waals surface area contributed by atoms with E-state index < -0.39 is 23.9 Å². The summed E-state index contributed by atoms with van der Waals surface area (Å²) >= 11 is 0. The van der Waals surface area contributed by atoms with E-state index in [1.165, 1.54) is 11.9 Å². The zero-order chi connectivity index (χ0) is 20.7. The fraction of sp³-hybridized carbons (Fsp3) is 0.318. The first kappa shape index (κ1) is 21.2. The van der Waals surface area contributed by atoms with Crippen molar-refractivity contribution in [1.29, 1.82) is 0 Å². The SMILES string of the molecule is Cc1ccc(NC(=O)CN(C)C(=O)COC(=O)C(C)(C)c2ccccc2)cc1. The first-order chi connectivity index (χ1) is 13.2. The van der Waals surface area contributed by atoms with E-state index in [1.54, 1.807) is 26.0 Å². The van der Waals surface area contributed by atoms with E-state index in [-0.39, 0.29) is 12.5 Å². The van der Waals surface area contributed by atoms with Crippen LogP contribution in [0.3, 0.4) is 0 Å². The Kier molecular flexibility index (Phi) is 6.93. The summed E-state index contributed by atoms with van der Waals surface area (Å²) in [5.74, 6) is -1.27. The van der Waals surface area contributed by atoms with Crippen LogP contribution in [0.1, 0.15) is 25.0 Å². The summed E-state index contributed by atoms with van der Waals surface area (Å²) in [6.45, 7) is 4.90. The highest BCUT2D eigenvalue weighted by Crippen LogP contribution is 2.24. The molecule has 6 heteroatoms. The number of amides is 2. The molecule has 0 bridgehead atoms. The summed E-state index contributed by atoms with van der Waals surface area (Å²) in [6.07, 6.45) is 0. The number of nitrogens with one attached hydrogen (secondary N) is 1. The second kappa shape index (κ2) is 9.17. The van der Waals surface area contributed by atoms with Crippen molar-refractivity contribution in [3.05, 3.63) is 65.7 Å². The molecule has 0 atom stereocenters. The van der Waals surface area contributed by atoms with Gasteiger partial charge >= 0.3 is 5.97 Å². The van der Waals surface area contributed by atoms with Gasteiger partial charge in [-0.25, -0.2) is 0 Å². The molecule has 2 aromatic carbocycles. The number of nitrogens with zero attached hydrogens (tertiary/aromatic N) is 1. The van der Waals surface area contributed by atoms with Gasteiger partial charge in [-0.2, -0.15) is 0 Å². The standard InChI is InChI=1S/C22H26N2O4/c1-16-10-12-18(13-11-16)23-19(25)14-24(4)20(26)15-28-21(27)22(2,3)17-8-6-5-7-9-17/h5-13H,14-15H2,1-4H3,(H,23,25). The largest absolute Gasteiger partial charge is 0.455 e. The number of hydrogen-bond donors (Lipinski definition) is 1. The summed E-state index contributed by atoms with van der Waals surface area (Å²) in [5.41, 5.74) is 1.68. The van der Waals surface area contributed by atoms with Crippen molar-refractivity contribution >= 4 is 23.5 Å². The average molecular weight is 382 g/mol. The Hall–Kier alpha value is -3.15. The smallest absolute Gasteiger partial charge is 0.316 e. The number of aryl methyl sites for hydroxylation is 1. The van der Waals surface area contributed by atoms with E-state index in [1.807, 2.05) is 49.4 Å². The molecule has 0 aliphatic heterocycles. The quantitative estimate of drug-likeness (QED) is 0.747. The van der Waals surface area contributed by atoms with Crippen LogP contribution in [0.25, 0.3) is 0 Å². The van der Waals surface area contributed by atoms with Crippen LogP contribution < -0.4 is 5.32 Å². The van der Waals surface area contributed by atoms with Gasteiger partial charge in [-0.05, 0) is 38.5 Å². The summed E-state index contributed by atoms with van der Waals surface area (Å²) < 4.78 is 5.20. The minimum absolute atomic E-state index is 0.133. The number of anilines is 1. The number of carbonyl (C=O) groups is 3. The monoisotopic (exact) mass is 382 g/mol. The van der Waals surface area contributed by atoms with Gasteiger partial charge in [0.25, 0.3) is 5.91 Å². The van der Waals surface area contributed by atoms with Gasteiger partial charge in [0.1, 0.15) is 0 Å². The van der Waals surface area contributed by atoms with Crippen LogP contribution in [0.2, 0.25) is 0 Å². The molecule has 0 unspecified atom stereocenters. The Morgan fingerprint density at radius 2 is 1.61 bits per heavy atom. The molecule has 0 fully saturated rings. The number of hydrogen-bond acceptors (Lipinski definition) is 4. The van der Waals surface area contributed by atoms with E-state index >= 15 is 0 Å². The molecule has 0 saturated carbocycles. The van der Waals surface area contributed by atoms with Crippen LogP contribution in [0.15, 0.2) is 54.6 Å². The zero-order valence-electron chi connectivity index (χ0n) is 16.7.